The lowest BCUT2D eigenvalue weighted by Crippen LogP contribution is -2.00. The monoisotopic (exact) mass is 275 g/mol. The van der Waals surface area contributed by atoms with Crippen LogP contribution in [0, 0.1) is 13.8 Å². The second-order valence-electron chi connectivity index (χ2n) is 4.52. The molecule has 0 atom stereocenters. The summed E-state index contributed by atoms with van der Waals surface area (Å²) in [5, 5.41) is 12.2. The van der Waals surface area contributed by atoms with Crippen LogP contribution in [0.4, 0.5) is 5.69 Å². The van der Waals surface area contributed by atoms with E-state index in [1.54, 1.807) is 20.1 Å². The van der Waals surface area contributed by atoms with Gasteiger partial charge in [0.1, 0.15) is 22.8 Å². The molecular formula is C15H17NO4. The Morgan fingerprint density at radius 2 is 2.10 bits per heavy atom. The van der Waals surface area contributed by atoms with Crippen molar-refractivity contribution < 1.29 is 19.1 Å². The van der Waals surface area contributed by atoms with Crippen LogP contribution in [0.5, 0.6) is 5.75 Å². The minimum Gasteiger partial charge on any atom is -0.497 e. The number of furan rings is 1. The number of methoxy groups -OCH3 is 1. The Morgan fingerprint density at radius 1 is 1.35 bits per heavy atom. The number of rotatable bonds is 5. The van der Waals surface area contributed by atoms with E-state index in [1.165, 1.54) is 0 Å². The number of ether oxygens (including phenoxy) is 1. The smallest absolute Gasteiger partial charge is 0.339 e. The first-order chi connectivity index (χ1) is 9.51. The zero-order valence-electron chi connectivity index (χ0n) is 11.7. The quantitative estimate of drug-likeness (QED) is 0.876. The summed E-state index contributed by atoms with van der Waals surface area (Å²) in [6, 6.07) is 7.26. The van der Waals surface area contributed by atoms with Gasteiger partial charge in [-0.15, -0.1) is 0 Å². The fraction of sp³-hybridized carbons (Fsp3) is 0.267. The van der Waals surface area contributed by atoms with Gasteiger partial charge in [0.25, 0.3) is 0 Å². The lowest BCUT2D eigenvalue weighted by Gasteiger charge is -2.09. The van der Waals surface area contributed by atoms with Crippen molar-refractivity contribution >= 4 is 11.7 Å². The number of carboxylic acid groups (broad SMARTS) is 1. The van der Waals surface area contributed by atoms with Crippen LogP contribution in [0.15, 0.2) is 28.7 Å². The molecule has 1 aromatic heterocycles. The average molecular weight is 275 g/mol. The van der Waals surface area contributed by atoms with Crippen molar-refractivity contribution in [1.82, 2.24) is 0 Å². The van der Waals surface area contributed by atoms with Crippen LogP contribution in [0.25, 0.3) is 0 Å². The van der Waals surface area contributed by atoms with E-state index in [2.05, 4.69) is 5.32 Å². The van der Waals surface area contributed by atoms with Gasteiger partial charge < -0.3 is 19.6 Å². The van der Waals surface area contributed by atoms with Crippen LogP contribution >= 0.6 is 0 Å². The van der Waals surface area contributed by atoms with Gasteiger partial charge in [-0.1, -0.05) is 0 Å². The SMILES string of the molecule is COc1ccc(NCc2cc(C(=O)O)c(C)o2)c(C)c1. The van der Waals surface area contributed by atoms with Gasteiger partial charge in [0.2, 0.25) is 0 Å². The Kier molecular flexibility index (Phi) is 3.98. The minimum atomic E-state index is -0.974. The van der Waals surface area contributed by atoms with E-state index >= 15 is 0 Å². The zero-order valence-corrected chi connectivity index (χ0v) is 11.7. The molecule has 0 saturated heterocycles. The molecule has 5 nitrogen and oxygen atoms in total. The van der Waals surface area contributed by atoms with Crippen molar-refractivity contribution in [3.05, 3.63) is 46.9 Å². The highest BCUT2D eigenvalue weighted by molar-refractivity contribution is 5.88. The number of aryl methyl sites for hydroxylation is 2. The fourth-order valence-electron chi connectivity index (χ4n) is 1.99. The number of benzene rings is 1. The molecule has 0 aliphatic heterocycles. The van der Waals surface area contributed by atoms with Gasteiger partial charge in [-0.2, -0.15) is 0 Å². The van der Waals surface area contributed by atoms with Gasteiger partial charge in [-0.3, -0.25) is 0 Å². The predicted molar refractivity (Wildman–Crippen MR) is 75.5 cm³/mol. The van der Waals surface area contributed by atoms with Gasteiger partial charge in [0, 0.05) is 5.69 Å². The van der Waals surface area contributed by atoms with E-state index in [-0.39, 0.29) is 5.56 Å². The first kappa shape index (κ1) is 14.0. The van der Waals surface area contributed by atoms with Gasteiger partial charge >= 0.3 is 5.97 Å². The fourth-order valence-corrected chi connectivity index (χ4v) is 1.99. The highest BCUT2D eigenvalue weighted by Gasteiger charge is 2.13. The second kappa shape index (κ2) is 5.69. The third-order valence-electron chi connectivity index (χ3n) is 3.09. The summed E-state index contributed by atoms with van der Waals surface area (Å²) >= 11 is 0. The molecule has 2 N–H and O–H groups in total. The number of carbonyl (C=O) groups is 1. The van der Waals surface area contributed by atoms with Crippen molar-refractivity contribution in [2.75, 3.05) is 12.4 Å². The summed E-state index contributed by atoms with van der Waals surface area (Å²) in [5.41, 5.74) is 2.20. The van der Waals surface area contributed by atoms with Gasteiger partial charge in [-0.25, -0.2) is 4.79 Å². The molecule has 0 aliphatic carbocycles. The lowest BCUT2D eigenvalue weighted by atomic mass is 10.2. The topological polar surface area (TPSA) is 71.7 Å². The molecule has 0 radical (unpaired) electrons. The summed E-state index contributed by atoms with van der Waals surface area (Å²) in [6.45, 7) is 4.05. The highest BCUT2D eigenvalue weighted by Crippen LogP contribution is 2.22. The second-order valence-corrected chi connectivity index (χ2v) is 4.52. The average Bonchev–Trinajstić information content (AvgIpc) is 2.78. The largest absolute Gasteiger partial charge is 0.497 e. The summed E-state index contributed by atoms with van der Waals surface area (Å²) < 4.78 is 10.6. The third-order valence-corrected chi connectivity index (χ3v) is 3.09. The third kappa shape index (κ3) is 2.93. The molecule has 0 unspecified atom stereocenters. The van der Waals surface area contributed by atoms with Crippen LogP contribution in [0.3, 0.4) is 0 Å². The first-order valence-electron chi connectivity index (χ1n) is 6.22. The normalized spacial score (nSPS) is 10.3. The first-order valence-corrected chi connectivity index (χ1v) is 6.22. The zero-order chi connectivity index (χ0) is 14.7. The highest BCUT2D eigenvalue weighted by atomic mass is 16.5. The molecule has 0 bridgehead atoms. The summed E-state index contributed by atoms with van der Waals surface area (Å²) in [5.74, 6) is 0.837. The Balaban J connectivity index is 2.09. The number of anilines is 1. The number of hydrogen-bond acceptors (Lipinski definition) is 4. The van der Waals surface area contributed by atoms with Gasteiger partial charge in [-0.05, 0) is 43.7 Å². The van der Waals surface area contributed by atoms with E-state index in [0.717, 1.165) is 17.0 Å². The van der Waals surface area contributed by atoms with Crippen molar-refractivity contribution in [3.8, 4) is 5.75 Å². The summed E-state index contributed by atoms with van der Waals surface area (Å²) in [7, 11) is 1.63. The van der Waals surface area contributed by atoms with Crippen molar-refractivity contribution in [2.24, 2.45) is 0 Å². The maximum atomic E-state index is 10.9. The Morgan fingerprint density at radius 3 is 2.65 bits per heavy atom. The number of nitrogens with one attached hydrogen (secondary N) is 1. The molecule has 2 aromatic rings. The van der Waals surface area contributed by atoms with E-state index in [4.69, 9.17) is 14.3 Å². The number of aromatic carboxylic acids is 1. The minimum absolute atomic E-state index is 0.202. The van der Waals surface area contributed by atoms with Crippen LogP contribution in [-0.2, 0) is 6.54 Å². The standard InChI is InChI=1S/C15H17NO4/c1-9-6-11(19-3)4-5-14(9)16-8-12-7-13(15(17)18)10(2)20-12/h4-7,16H,8H2,1-3H3,(H,17,18). The number of carboxylic acids is 1. The molecular weight excluding hydrogens is 258 g/mol. The van der Waals surface area contributed by atoms with Crippen molar-refractivity contribution in [3.63, 3.8) is 0 Å². The molecule has 0 fully saturated rings. The summed E-state index contributed by atoms with van der Waals surface area (Å²) in [6.07, 6.45) is 0. The lowest BCUT2D eigenvalue weighted by molar-refractivity contribution is 0.0695. The van der Waals surface area contributed by atoms with Crippen LogP contribution in [-0.4, -0.2) is 18.2 Å². The molecule has 0 amide bonds. The van der Waals surface area contributed by atoms with Crippen LogP contribution in [0.2, 0.25) is 0 Å². The van der Waals surface area contributed by atoms with E-state index < -0.39 is 5.97 Å². The maximum absolute atomic E-state index is 10.9. The Bertz CT molecular complexity index is 631. The Labute approximate surface area is 117 Å². The molecule has 0 aliphatic rings. The molecule has 1 heterocycles. The Hall–Kier alpha value is -2.43. The molecule has 2 rings (SSSR count). The molecule has 0 spiro atoms. The van der Waals surface area contributed by atoms with E-state index in [0.29, 0.717) is 18.1 Å². The number of hydrogen-bond donors (Lipinski definition) is 2. The van der Waals surface area contributed by atoms with Crippen molar-refractivity contribution in [2.45, 2.75) is 20.4 Å². The van der Waals surface area contributed by atoms with E-state index in [1.807, 2.05) is 25.1 Å². The van der Waals surface area contributed by atoms with Gasteiger partial charge in [0.05, 0.1) is 13.7 Å². The van der Waals surface area contributed by atoms with E-state index in [9.17, 15) is 4.79 Å². The van der Waals surface area contributed by atoms with Crippen LogP contribution in [0.1, 0.15) is 27.4 Å². The maximum Gasteiger partial charge on any atom is 0.339 e. The molecule has 106 valence electrons. The van der Waals surface area contributed by atoms with Crippen molar-refractivity contribution in [1.29, 1.82) is 0 Å². The summed E-state index contributed by atoms with van der Waals surface area (Å²) in [4.78, 5) is 10.9. The molecule has 1 aromatic carbocycles. The van der Waals surface area contributed by atoms with Crippen LogP contribution < -0.4 is 10.1 Å². The molecule has 20 heavy (non-hydrogen) atoms. The molecule has 5 heteroatoms. The predicted octanol–water partition coefficient (Wildman–Crippen LogP) is 3.22. The van der Waals surface area contributed by atoms with Gasteiger partial charge in [0.15, 0.2) is 0 Å². The molecule has 0 saturated carbocycles.